The van der Waals surface area contributed by atoms with E-state index in [1.165, 1.54) is 38.7 Å². The van der Waals surface area contributed by atoms with Crippen LogP contribution < -0.4 is 14.8 Å². The molecule has 1 aromatic heterocycles. The van der Waals surface area contributed by atoms with Crippen molar-refractivity contribution in [3.8, 4) is 5.75 Å². The molecule has 2 heterocycles. The Balaban J connectivity index is 0.00000320. The predicted molar refractivity (Wildman–Crippen MR) is 117 cm³/mol. The lowest BCUT2D eigenvalue weighted by Gasteiger charge is -2.33. The molecule has 0 saturated carbocycles. The standard InChI is InChI=1S/C20H27N3O5S.ClH/c1-15(24)22-17-9-8-16(13-20(17)27-2)29(25,26)21-14-18(19-7-6-12-28-19)23-10-4-3-5-11-23;/h6-9,12-13,18,21H,3-5,10-11,14H2,1-2H3,(H,22,24);1H. The normalized spacial score (nSPS) is 15.8. The van der Waals surface area contributed by atoms with Crippen LogP contribution in [0.3, 0.4) is 0 Å². The van der Waals surface area contributed by atoms with Crippen LogP contribution >= 0.6 is 12.4 Å². The molecular formula is C20H28ClN3O5S. The van der Waals surface area contributed by atoms with Crippen molar-refractivity contribution in [1.29, 1.82) is 0 Å². The summed E-state index contributed by atoms with van der Waals surface area (Å²) < 4.78 is 39.3. The Hall–Kier alpha value is -2.07. The van der Waals surface area contributed by atoms with Crippen LogP contribution in [0.2, 0.25) is 0 Å². The molecule has 3 rings (SSSR count). The topological polar surface area (TPSA) is 101 Å². The largest absolute Gasteiger partial charge is 0.495 e. The van der Waals surface area contributed by atoms with Gasteiger partial charge in [-0.1, -0.05) is 6.42 Å². The molecule has 0 aliphatic carbocycles. The summed E-state index contributed by atoms with van der Waals surface area (Å²) in [6.07, 6.45) is 4.97. The molecule has 1 unspecified atom stereocenters. The number of likely N-dealkylation sites (tertiary alicyclic amines) is 1. The molecule has 0 radical (unpaired) electrons. The van der Waals surface area contributed by atoms with E-state index in [0.29, 0.717) is 5.69 Å². The van der Waals surface area contributed by atoms with Crippen molar-refractivity contribution in [3.63, 3.8) is 0 Å². The minimum absolute atomic E-state index is 0. The monoisotopic (exact) mass is 457 g/mol. The maximum Gasteiger partial charge on any atom is 0.240 e. The van der Waals surface area contributed by atoms with Gasteiger partial charge in [-0.2, -0.15) is 0 Å². The van der Waals surface area contributed by atoms with E-state index in [-0.39, 0.29) is 41.5 Å². The van der Waals surface area contributed by atoms with Gasteiger partial charge >= 0.3 is 0 Å². The van der Waals surface area contributed by atoms with Crippen LogP contribution in [-0.2, 0) is 14.8 Å². The van der Waals surface area contributed by atoms with Crippen molar-refractivity contribution in [2.45, 2.75) is 37.1 Å². The average Bonchev–Trinajstić information content (AvgIpc) is 3.23. The molecule has 2 aromatic rings. The molecule has 1 aromatic carbocycles. The number of nitrogens with zero attached hydrogens (tertiary/aromatic N) is 1. The Kier molecular flexibility index (Phi) is 8.72. The van der Waals surface area contributed by atoms with Gasteiger partial charge in [-0.25, -0.2) is 13.1 Å². The van der Waals surface area contributed by atoms with Crippen molar-refractivity contribution in [2.24, 2.45) is 0 Å². The van der Waals surface area contributed by atoms with Gasteiger partial charge in [0.15, 0.2) is 0 Å². The molecule has 2 N–H and O–H groups in total. The summed E-state index contributed by atoms with van der Waals surface area (Å²) >= 11 is 0. The van der Waals surface area contributed by atoms with Crippen molar-refractivity contribution in [3.05, 3.63) is 42.4 Å². The van der Waals surface area contributed by atoms with Crippen LogP contribution in [0.4, 0.5) is 5.69 Å². The zero-order chi connectivity index (χ0) is 20.9. The van der Waals surface area contributed by atoms with Gasteiger partial charge in [0, 0.05) is 19.5 Å². The lowest BCUT2D eigenvalue weighted by molar-refractivity contribution is -0.114. The van der Waals surface area contributed by atoms with E-state index >= 15 is 0 Å². The number of methoxy groups -OCH3 is 1. The third-order valence-corrected chi connectivity index (χ3v) is 6.38. The number of nitrogens with one attached hydrogen (secondary N) is 2. The van der Waals surface area contributed by atoms with Gasteiger partial charge in [-0.15, -0.1) is 12.4 Å². The van der Waals surface area contributed by atoms with E-state index < -0.39 is 10.0 Å². The molecule has 30 heavy (non-hydrogen) atoms. The number of sulfonamides is 1. The molecule has 0 spiro atoms. The van der Waals surface area contributed by atoms with Crippen LogP contribution in [-0.4, -0.2) is 46.0 Å². The average molecular weight is 458 g/mol. The lowest BCUT2D eigenvalue weighted by atomic mass is 10.1. The van der Waals surface area contributed by atoms with E-state index in [1.807, 2.05) is 12.1 Å². The number of benzene rings is 1. The van der Waals surface area contributed by atoms with Gasteiger partial charge < -0.3 is 14.5 Å². The zero-order valence-electron chi connectivity index (χ0n) is 17.1. The van der Waals surface area contributed by atoms with Crippen LogP contribution in [0.25, 0.3) is 0 Å². The molecule has 10 heteroatoms. The Morgan fingerprint density at radius 2 is 1.97 bits per heavy atom. The Morgan fingerprint density at radius 3 is 2.57 bits per heavy atom. The number of piperidine rings is 1. The number of anilines is 1. The lowest BCUT2D eigenvalue weighted by Crippen LogP contribution is -2.40. The van der Waals surface area contributed by atoms with E-state index in [2.05, 4.69) is 14.9 Å². The number of furan rings is 1. The molecule has 0 bridgehead atoms. The van der Waals surface area contributed by atoms with Gasteiger partial charge in [0.25, 0.3) is 0 Å². The van der Waals surface area contributed by atoms with E-state index in [9.17, 15) is 13.2 Å². The van der Waals surface area contributed by atoms with Gasteiger partial charge in [0.1, 0.15) is 11.5 Å². The molecule has 1 atom stereocenters. The van der Waals surface area contributed by atoms with Crippen molar-refractivity contribution in [2.75, 3.05) is 32.1 Å². The van der Waals surface area contributed by atoms with E-state index in [0.717, 1.165) is 31.7 Å². The highest BCUT2D eigenvalue weighted by molar-refractivity contribution is 7.89. The van der Waals surface area contributed by atoms with Crippen LogP contribution in [0.5, 0.6) is 5.75 Å². The second-order valence-electron chi connectivity index (χ2n) is 7.02. The number of hydrogen-bond donors (Lipinski definition) is 2. The van der Waals surface area contributed by atoms with Crippen LogP contribution in [0.15, 0.2) is 45.9 Å². The third-order valence-electron chi connectivity index (χ3n) is 4.96. The molecule has 1 amide bonds. The fourth-order valence-electron chi connectivity index (χ4n) is 3.52. The number of carbonyl (C=O) groups excluding carboxylic acids is 1. The smallest absolute Gasteiger partial charge is 0.240 e. The fraction of sp³-hybridized carbons (Fsp3) is 0.450. The molecule has 166 valence electrons. The van der Waals surface area contributed by atoms with Gasteiger partial charge in [-0.3, -0.25) is 9.69 Å². The summed E-state index contributed by atoms with van der Waals surface area (Å²) in [6, 6.07) is 7.88. The minimum Gasteiger partial charge on any atom is -0.495 e. The second kappa shape index (κ2) is 10.8. The van der Waals surface area contributed by atoms with Crippen molar-refractivity contribution < 1.29 is 22.4 Å². The first-order valence-corrected chi connectivity index (χ1v) is 11.1. The first kappa shape index (κ1) is 24.2. The van der Waals surface area contributed by atoms with Crippen LogP contribution in [0.1, 0.15) is 38.0 Å². The number of carbonyl (C=O) groups is 1. The van der Waals surface area contributed by atoms with E-state index in [1.54, 1.807) is 6.26 Å². The Bertz CT molecular complexity index is 928. The highest BCUT2D eigenvalue weighted by Crippen LogP contribution is 2.29. The molecule has 1 aliphatic rings. The van der Waals surface area contributed by atoms with Gasteiger partial charge in [0.05, 0.1) is 30.0 Å². The molecule has 1 aliphatic heterocycles. The number of rotatable bonds is 8. The van der Waals surface area contributed by atoms with Crippen molar-refractivity contribution in [1.82, 2.24) is 9.62 Å². The Labute approximate surface area is 183 Å². The van der Waals surface area contributed by atoms with Crippen LogP contribution in [0, 0.1) is 0 Å². The molecule has 8 nitrogen and oxygen atoms in total. The first-order chi connectivity index (χ1) is 13.9. The summed E-state index contributed by atoms with van der Waals surface area (Å²) in [5.41, 5.74) is 0.417. The predicted octanol–water partition coefficient (Wildman–Crippen LogP) is 3.17. The zero-order valence-corrected chi connectivity index (χ0v) is 18.7. The summed E-state index contributed by atoms with van der Waals surface area (Å²) in [5, 5.41) is 2.62. The number of ether oxygens (including phenoxy) is 1. The summed E-state index contributed by atoms with van der Waals surface area (Å²) in [4.78, 5) is 13.6. The maximum absolute atomic E-state index is 12.9. The third kappa shape index (κ3) is 5.98. The Morgan fingerprint density at radius 1 is 1.23 bits per heavy atom. The number of halogens is 1. The second-order valence-corrected chi connectivity index (χ2v) is 8.79. The highest BCUT2D eigenvalue weighted by Gasteiger charge is 2.27. The molecular weight excluding hydrogens is 430 g/mol. The first-order valence-electron chi connectivity index (χ1n) is 9.63. The number of amides is 1. The maximum atomic E-state index is 12.9. The summed E-state index contributed by atoms with van der Waals surface area (Å²) in [6.45, 7) is 3.39. The quantitative estimate of drug-likeness (QED) is 0.631. The molecule has 1 fully saturated rings. The number of hydrogen-bond acceptors (Lipinski definition) is 6. The molecule has 1 saturated heterocycles. The summed E-state index contributed by atoms with van der Waals surface area (Å²) in [7, 11) is -2.35. The minimum atomic E-state index is -3.77. The van der Waals surface area contributed by atoms with Gasteiger partial charge in [0.2, 0.25) is 15.9 Å². The fourth-order valence-corrected chi connectivity index (χ4v) is 4.58. The van der Waals surface area contributed by atoms with Crippen molar-refractivity contribution >= 4 is 34.0 Å². The van der Waals surface area contributed by atoms with E-state index in [4.69, 9.17) is 9.15 Å². The summed E-state index contributed by atoms with van der Waals surface area (Å²) in [5.74, 6) is 0.759. The SMILES string of the molecule is COc1cc(S(=O)(=O)NCC(c2ccco2)N2CCCCC2)ccc1NC(C)=O.Cl. The van der Waals surface area contributed by atoms with Gasteiger partial charge in [-0.05, 0) is 50.2 Å². The highest BCUT2D eigenvalue weighted by atomic mass is 35.5.